The number of nitro groups is 1. The van der Waals surface area contributed by atoms with Crippen LogP contribution in [0.4, 0.5) is 5.69 Å². The molecule has 2 rings (SSSR count). The van der Waals surface area contributed by atoms with Gasteiger partial charge in [0.25, 0.3) is 5.69 Å². The van der Waals surface area contributed by atoms with Crippen LogP contribution < -0.4 is 4.74 Å². The van der Waals surface area contributed by atoms with Gasteiger partial charge >= 0.3 is 0 Å². The maximum Gasteiger partial charge on any atom is 0.274 e. The van der Waals surface area contributed by atoms with E-state index in [0.717, 1.165) is 9.35 Å². The molecule has 0 aliphatic rings. The molecule has 0 bridgehead atoms. The van der Waals surface area contributed by atoms with Crippen molar-refractivity contribution in [1.82, 2.24) is 0 Å². The molecule has 0 saturated carbocycles. The number of hydrogen-bond donors (Lipinski definition) is 0. The lowest BCUT2D eigenvalue weighted by molar-refractivity contribution is -0.385. The van der Waals surface area contributed by atoms with Crippen molar-refractivity contribution in [1.29, 1.82) is 0 Å². The Balaban J connectivity index is 2.11. The van der Waals surface area contributed by atoms with Gasteiger partial charge in [-0.05, 0) is 28.1 Å². The molecule has 94 valence electrons. The van der Waals surface area contributed by atoms with Crippen LogP contribution in [0.2, 0.25) is 0 Å². The van der Waals surface area contributed by atoms with Crippen LogP contribution in [-0.2, 0) is 6.61 Å². The molecule has 2 aromatic rings. The first kappa shape index (κ1) is 13.5. The lowest BCUT2D eigenvalue weighted by atomic mass is 10.3. The SMILES string of the molecule is O=[N+]([O-])c1cc(Br)cc(OCc2cc(Br)cs2)c1. The number of hydrogen-bond acceptors (Lipinski definition) is 4. The Morgan fingerprint density at radius 2 is 2.00 bits per heavy atom. The second kappa shape index (κ2) is 5.81. The first-order valence-corrected chi connectivity index (χ1v) is 7.32. The molecule has 1 aromatic carbocycles. The molecule has 4 nitrogen and oxygen atoms in total. The van der Waals surface area contributed by atoms with E-state index >= 15 is 0 Å². The summed E-state index contributed by atoms with van der Waals surface area (Å²) in [7, 11) is 0. The van der Waals surface area contributed by atoms with Gasteiger partial charge in [0.15, 0.2) is 0 Å². The van der Waals surface area contributed by atoms with E-state index < -0.39 is 4.92 Å². The van der Waals surface area contributed by atoms with Gasteiger partial charge < -0.3 is 4.74 Å². The lowest BCUT2D eigenvalue weighted by Gasteiger charge is -2.05. The molecule has 18 heavy (non-hydrogen) atoms. The highest BCUT2D eigenvalue weighted by Crippen LogP contribution is 2.27. The molecule has 0 radical (unpaired) electrons. The van der Waals surface area contributed by atoms with Crippen LogP contribution in [0.5, 0.6) is 5.75 Å². The minimum atomic E-state index is -0.445. The van der Waals surface area contributed by atoms with E-state index in [9.17, 15) is 10.1 Å². The molecule has 0 aliphatic heterocycles. The Morgan fingerprint density at radius 3 is 2.61 bits per heavy atom. The third-order valence-electron chi connectivity index (χ3n) is 2.07. The fraction of sp³-hybridized carbons (Fsp3) is 0.0909. The zero-order valence-corrected chi connectivity index (χ0v) is 12.9. The smallest absolute Gasteiger partial charge is 0.274 e. The van der Waals surface area contributed by atoms with Crippen LogP contribution in [0, 0.1) is 10.1 Å². The Hall–Kier alpha value is -0.920. The van der Waals surface area contributed by atoms with Crippen molar-refractivity contribution in [3.63, 3.8) is 0 Å². The summed E-state index contributed by atoms with van der Waals surface area (Å²) in [5.74, 6) is 0.473. The second-order valence-corrected chi connectivity index (χ2v) is 6.25. The number of nitrogens with zero attached hydrogens (tertiary/aromatic N) is 1. The second-order valence-electron chi connectivity index (χ2n) is 3.42. The third-order valence-corrected chi connectivity index (χ3v) is 4.20. The van der Waals surface area contributed by atoms with Gasteiger partial charge in [0.2, 0.25) is 0 Å². The molecule has 0 fully saturated rings. The van der Waals surface area contributed by atoms with Gasteiger partial charge in [0.05, 0.1) is 11.0 Å². The predicted molar refractivity (Wildman–Crippen MR) is 77.1 cm³/mol. The first-order chi connectivity index (χ1) is 8.54. The Labute approximate surface area is 124 Å². The summed E-state index contributed by atoms with van der Waals surface area (Å²) in [6.07, 6.45) is 0. The monoisotopic (exact) mass is 391 g/mol. The maximum absolute atomic E-state index is 10.7. The molecule has 0 amide bonds. The van der Waals surface area contributed by atoms with Crippen LogP contribution in [0.25, 0.3) is 0 Å². The maximum atomic E-state index is 10.7. The zero-order valence-electron chi connectivity index (χ0n) is 8.93. The Bertz CT molecular complexity index is 585. The standard InChI is InChI=1S/C11H7Br2NO3S/c12-7-1-9(14(15)16)4-10(2-7)17-5-11-3-8(13)6-18-11/h1-4,6H,5H2. The molecular weight excluding hydrogens is 386 g/mol. The van der Waals surface area contributed by atoms with Gasteiger partial charge in [-0.2, -0.15) is 0 Å². The lowest BCUT2D eigenvalue weighted by Crippen LogP contribution is -1.94. The number of thiophene rings is 1. The highest BCUT2D eigenvalue weighted by Gasteiger charge is 2.09. The van der Waals surface area contributed by atoms with Crippen molar-refractivity contribution in [2.24, 2.45) is 0 Å². The molecule has 0 saturated heterocycles. The van der Waals surface area contributed by atoms with E-state index in [1.807, 2.05) is 11.4 Å². The van der Waals surface area contributed by atoms with Crippen LogP contribution in [0.15, 0.2) is 38.6 Å². The van der Waals surface area contributed by atoms with Crippen molar-refractivity contribution >= 4 is 48.9 Å². The van der Waals surface area contributed by atoms with Crippen molar-refractivity contribution < 1.29 is 9.66 Å². The summed E-state index contributed by atoms with van der Waals surface area (Å²) in [6, 6.07) is 6.51. The van der Waals surface area contributed by atoms with E-state index in [4.69, 9.17) is 4.74 Å². The largest absolute Gasteiger partial charge is 0.488 e. The highest BCUT2D eigenvalue weighted by molar-refractivity contribution is 9.10. The first-order valence-electron chi connectivity index (χ1n) is 4.85. The fourth-order valence-electron chi connectivity index (χ4n) is 1.32. The molecule has 0 aliphatic carbocycles. The third kappa shape index (κ3) is 3.54. The predicted octanol–water partition coefficient (Wildman–Crippen LogP) is 4.76. The van der Waals surface area contributed by atoms with Crippen molar-refractivity contribution in [3.05, 3.63) is 53.6 Å². The number of non-ortho nitro benzene ring substituents is 1. The summed E-state index contributed by atoms with van der Waals surface area (Å²) in [6.45, 7) is 0.393. The average molecular weight is 393 g/mol. The number of benzene rings is 1. The topological polar surface area (TPSA) is 52.4 Å². The van der Waals surface area contributed by atoms with Gasteiger partial charge in [-0.25, -0.2) is 0 Å². The number of ether oxygens (including phenoxy) is 1. The average Bonchev–Trinajstić information content (AvgIpc) is 2.72. The minimum absolute atomic E-state index is 0.00624. The summed E-state index contributed by atoms with van der Waals surface area (Å²) in [5.41, 5.74) is 0.00624. The normalized spacial score (nSPS) is 10.3. The Morgan fingerprint density at radius 1 is 1.22 bits per heavy atom. The Kier molecular flexibility index (Phi) is 4.36. The van der Waals surface area contributed by atoms with Gasteiger partial charge in [0.1, 0.15) is 12.4 Å². The zero-order chi connectivity index (χ0) is 13.1. The minimum Gasteiger partial charge on any atom is -0.488 e. The molecule has 7 heteroatoms. The summed E-state index contributed by atoms with van der Waals surface area (Å²) < 4.78 is 7.16. The van der Waals surface area contributed by atoms with Crippen molar-refractivity contribution in [2.75, 3.05) is 0 Å². The van der Waals surface area contributed by atoms with E-state index in [-0.39, 0.29) is 5.69 Å². The van der Waals surface area contributed by atoms with Crippen LogP contribution >= 0.6 is 43.2 Å². The summed E-state index contributed by atoms with van der Waals surface area (Å²) in [5, 5.41) is 12.7. The molecule has 0 unspecified atom stereocenters. The van der Waals surface area contributed by atoms with Gasteiger partial charge in [-0.3, -0.25) is 10.1 Å². The van der Waals surface area contributed by atoms with E-state index in [0.29, 0.717) is 16.8 Å². The molecule has 0 N–H and O–H groups in total. The van der Waals surface area contributed by atoms with Crippen LogP contribution in [0.3, 0.4) is 0 Å². The van der Waals surface area contributed by atoms with Gasteiger partial charge in [-0.15, -0.1) is 11.3 Å². The summed E-state index contributed by atoms with van der Waals surface area (Å²) in [4.78, 5) is 11.3. The van der Waals surface area contributed by atoms with Crippen LogP contribution in [0.1, 0.15) is 4.88 Å². The molecule has 1 heterocycles. The van der Waals surface area contributed by atoms with E-state index in [1.54, 1.807) is 17.4 Å². The molecule has 0 atom stereocenters. The number of halogens is 2. The summed E-state index contributed by atoms with van der Waals surface area (Å²) >= 11 is 8.15. The van der Waals surface area contributed by atoms with Gasteiger partial charge in [-0.1, -0.05) is 15.9 Å². The van der Waals surface area contributed by atoms with Gasteiger partial charge in [0, 0.05) is 25.3 Å². The fourth-order valence-corrected chi connectivity index (χ4v) is 3.14. The van der Waals surface area contributed by atoms with Crippen molar-refractivity contribution in [2.45, 2.75) is 6.61 Å². The van der Waals surface area contributed by atoms with Crippen molar-refractivity contribution in [3.8, 4) is 5.75 Å². The molecular formula is C11H7Br2NO3S. The number of nitro benzene ring substituents is 1. The highest BCUT2D eigenvalue weighted by atomic mass is 79.9. The van der Waals surface area contributed by atoms with E-state index in [2.05, 4.69) is 31.9 Å². The molecule has 1 aromatic heterocycles. The van der Waals surface area contributed by atoms with Crippen LogP contribution in [-0.4, -0.2) is 4.92 Å². The number of rotatable bonds is 4. The molecule has 0 spiro atoms. The van der Waals surface area contributed by atoms with E-state index in [1.165, 1.54) is 12.1 Å². The quantitative estimate of drug-likeness (QED) is 0.556.